The van der Waals surface area contributed by atoms with E-state index in [1.54, 1.807) is 37.3 Å². The number of rotatable bonds is 8. The number of hydrogen-bond donors (Lipinski definition) is 2. The number of hydrogen-bond acceptors (Lipinski definition) is 5. The summed E-state index contributed by atoms with van der Waals surface area (Å²) in [5, 5.41) is 2.69. The van der Waals surface area contributed by atoms with Gasteiger partial charge in [-0.3, -0.25) is 4.79 Å². The zero-order chi connectivity index (χ0) is 20.0. The highest BCUT2D eigenvalue weighted by Crippen LogP contribution is 2.24. The van der Waals surface area contributed by atoms with Gasteiger partial charge in [-0.1, -0.05) is 12.1 Å². The number of anilines is 1. The summed E-state index contributed by atoms with van der Waals surface area (Å²) in [5.41, 5.74) is 1.17. The Kier molecular flexibility index (Phi) is 6.81. The summed E-state index contributed by atoms with van der Waals surface area (Å²) in [7, 11) is -2.35. The summed E-state index contributed by atoms with van der Waals surface area (Å²) in [6.07, 6.45) is 0. The maximum absolute atomic E-state index is 12.6. The Bertz CT molecular complexity index is 912. The number of aryl methyl sites for hydroxylation is 1. The third kappa shape index (κ3) is 5.21. The Balaban J connectivity index is 2.12. The minimum Gasteiger partial charge on any atom is -0.496 e. The minimum atomic E-state index is -3.86. The number of sulfonamides is 1. The van der Waals surface area contributed by atoms with Crippen LogP contribution >= 0.6 is 0 Å². The monoisotopic (exact) mass is 392 g/mol. The maximum Gasteiger partial charge on any atom is 0.242 e. The van der Waals surface area contributed by atoms with E-state index < -0.39 is 22.0 Å². The van der Waals surface area contributed by atoms with Crippen molar-refractivity contribution in [2.75, 3.05) is 19.0 Å². The highest BCUT2D eigenvalue weighted by Gasteiger charge is 2.23. The Morgan fingerprint density at radius 2 is 1.85 bits per heavy atom. The number of amides is 1. The molecule has 7 nitrogen and oxygen atoms in total. The van der Waals surface area contributed by atoms with Gasteiger partial charge < -0.3 is 14.8 Å². The quantitative estimate of drug-likeness (QED) is 0.720. The van der Waals surface area contributed by atoms with Crippen LogP contribution in [0, 0.1) is 6.92 Å². The molecule has 0 saturated heterocycles. The molecule has 0 aliphatic rings. The lowest BCUT2D eigenvalue weighted by Crippen LogP contribution is -2.41. The van der Waals surface area contributed by atoms with Crippen LogP contribution in [0.3, 0.4) is 0 Å². The van der Waals surface area contributed by atoms with Crippen LogP contribution in [0.15, 0.2) is 47.4 Å². The molecule has 0 bridgehead atoms. The van der Waals surface area contributed by atoms with Gasteiger partial charge in [0.1, 0.15) is 11.5 Å². The average Bonchev–Trinajstić information content (AvgIpc) is 2.63. The smallest absolute Gasteiger partial charge is 0.242 e. The van der Waals surface area contributed by atoms with Gasteiger partial charge in [0.15, 0.2) is 0 Å². The molecule has 2 N–H and O–H groups in total. The average molecular weight is 392 g/mol. The second kappa shape index (κ2) is 8.88. The number of carbonyl (C=O) groups is 1. The van der Waals surface area contributed by atoms with E-state index in [0.717, 1.165) is 0 Å². The first-order valence-electron chi connectivity index (χ1n) is 8.48. The lowest BCUT2D eigenvalue weighted by molar-refractivity contribution is -0.117. The van der Waals surface area contributed by atoms with Crippen molar-refractivity contribution in [3.63, 3.8) is 0 Å². The van der Waals surface area contributed by atoms with Crippen molar-refractivity contribution in [1.29, 1.82) is 0 Å². The standard InChI is InChI=1S/C19H24N2O5S/c1-5-26-18-9-7-6-8-16(18)20-19(22)14(3)21-27(23,24)15-10-11-17(25-4)13(2)12-15/h6-12,14,21H,5H2,1-4H3,(H,20,22)/t14-/m1/s1. The molecular weight excluding hydrogens is 368 g/mol. The molecule has 2 aromatic rings. The van der Waals surface area contributed by atoms with Gasteiger partial charge in [-0.25, -0.2) is 8.42 Å². The van der Waals surface area contributed by atoms with Gasteiger partial charge in [0.2, 0.25) is 15.9 Å². The molecule has 0 fully saturated rings. The highest BCUT2D eigenvalue weighted by molar-refractivity contribution is 7.89. The van der Waals surface area contributed by atoms with E-state index in [-0.39, 0.29) is 4.90 Å². The van der Waals surface area contributed by atoms with Crippen molar-refractivity contribution < 1.29 is 22.7 Å². The van der Waals surface area contributed by atoms with Gasteiger partial charge in [0.05, 0.1) is 30.3 Å². The highest BCUT2D eigenvalue weighted by atomic mass is 32.2. The van der Waals surface area contributed by atoms with Crippen LogP contribution in [0.2, 0.25) is 0 Å². The number of carbonyl (C=O) groups excluding carboxylic acids is 1. The van der Waals surface area contributed by atoms with Crippen molar-refractivity contribution in [2.24, 2.45) is 0 Å². The van der Waals surface area contributed by atoms with Crippen molar-refractivity contribution in [1.82, 2.24) is 4.72 Å². The van der Waals surface area contributed by atoms with E-state index in [0.29, 0.717) is 29.4 Å². The van der Waals surface area contributed by atoms with Crippen molar-refractivity contribution in [3.8, 4) is 11.5 Å². The summed E-state index contributed by atoms with van der Waals surface area (Å²) in [6.45, 7) is 5.52. The molecule has 2 aromatic carbocycles. The Morgan fingerprint density at radius 3 is 2.48 bits per heavy atom. The van der Waals surface area contributed by atoms with Crippen molar-refractivity contribution in [2.45, 2.75) is 31.7 Å². The molecule has 0 radical (unpaired) electrons. The molecule has 1 atom stereocenters. The minimum absolute atomic E-state index is 0.0650. The van der Waals surface area contributed by atoms with E-state index in [1.165, 1.54) is 26.2 Å². The topological polar surface area (TPSA) is 93.7 Å². The Labute approximate surface area is 159 Å². The van der Waals surface area contributed by atoms with Crippen LogP contribution in [0.5, 0.6) is 11.5 Å². The molecule has 27 heavy (non-hydrogen) atoms. The number of methoxy groups -OCH3 is 1. The van der Waals surface area contributed by atoms with E-state index >= 15 is 0 Å². The Morgan fingerprint density at radius 1 is 1.15 bits per heavy atom. The third-order valence-corrected chi connectivity index (χ3v) is 5.38. The molecule has 0 spiro atoms. The zero-order valence-electron chi connectivity index (χ0n) is 15.8. The molecule has 0 aliphatic heterocycles. The Hall–Kier alpha value is -2.58. The van der Waals surface area contributed by atoms with Crippen LogP contribution < -0.4 is 19.5 Å². The number of nitrogens with one attached hydrogen (secondary N) is 2. The number of ether oxygens (including phenoxy) is 2. The van der Waals surface area contributed by atoms with Gasteiger partial charge in [-0.2, -0.15) is 4.72 Å². The summed E-state index contributed by atoms with van der Waals surface area (Å²) in [6, 6.07) is 10.5. The fourth-order valence-corrected chi connectivity index (χ4v) is 3.75. The molecule has 0 aliphatic carbocycles. The molecule has 0 heterocycles. The second-order valence-corrected chi connectivity index (χ2v) is 7.61. The van der Waals surface area contributed by atoms with Crippen LogP contribution in [-0.2, 0) is 14.8 Å². The molecule has 1 amide bonds. The summed E-state index contributed by atoms with van der Waals surface area (Å²) < 4.78 is 38.1. The second-order valence-electron chi connectivity index (χ2n) is 5.89. The molecule has 146 valence electrons. The molecule has 0 aromatic heterocycles. The molecule has 0 unspecified atom stereocenters. The normalized spacial score (nSPS) is 12.3. The first kappa shape index (κ1) is 20.7. The van der Waals surface area contributed by atoms with E-state index in [2.05, 4.69) is 10.0 Å². The lowest BCUT2D eigenvalue weighted by Gasteiger charge is -2.17. The predicted molar refractivity (Wildman–Crippen MR) is 104 cm³/mol. The van der Waals surface area contributed by atoms with Crippen molar-refractivity contribution in [3.05, 3.63) is 48.0 Å². The SMILES string of the molecule is CCOc1ccccc1NC(=O)[C@@H](C)NS(=O)(=O)c1ccc(OC)c(C)c1. The third-order valence-electron chi connectivity index (χ3n) is 3.85. The van der Waals surface area contributed by atoms with E-state index in [4.69, 9.17) is 9.47 Å². The van der Waals surface area contributed by atoms with Gasteiger partial charge in [-0.05, 0) is 56.7 Å². The predicted octanol–water partition coefficient (Wildman–Crippen LogP) is 2.71. The van der Waals surface area contributed by atoms with Gasteiger partial charge >= 0.3 is 0 Å². The summed E-state index contributed by atoms with van der Waals surface area (Å²) in [4.78, 5) is 12.5. The molecule has 0 saturated carbocycles. The van der Waals surface area contributed by atoms with E-state index in [1.807, 2.05) is 6.92 Å². The lowest BCUT2D eigenvalue weighted by atomic mass is 10.2. The molecule has 8 heteroatoms. The van der Waals surface area contributed by atoms with E-state index in [9.17, 15) is 13.2 Å². The fraction of sp³-hybridized carbons (Fsp3) is 0.316. The van der Waals surface area contributed by atoms with Gasteiger partial charge in [0.25, 0.3) is 0 Å². The first-order chi connectivity index (χ1) is 12.8. The molecular formula is C19H24N2O5S. The van der Waals surface area contributed by atoms with Crippen LogP contribution in [0.25, 0.3) is 0 Å². The van der Waals surface area contributed by atoms with Crippen LogP contribution in [0.1, 0.15) is 19.4 Å². The zero-order valence-corrected chi connectivity index (χ0v) is 16.6. The fourth-order valence-electron chi connectivity index (χ4n) is 2.46. The van der Waals surface area contributed by atoms with Crippen molar-refractivity contribution >= 4 is 21.6 Å². The first-order valence-corrected chi connectivity index (χ1v) is 9.96. The van der Waals surface area contributed by atoms with Gasteiger partial charge in [0, 0.05) is 0 Å². The summed E-state index contributed by atoms with van der Waals surface area (Å²) >= 11 is 0. The molecule has 2 rings (SSSR count). The van der Waals surface area contributed by atoms with Gasteiger partial charge in [-0.15, -0.1) is 0 Å². The largest absolute Gasteiger partial charge is 0.496 e. The number of benzene rings is 2. The summed E-state index contributed by atoms with van der Waals surface area (Å²) in [5.74, 6) is 0.623. The van der Waals surface area contributed by atoms with Crippen LogP contribution in [-0.4, -0.2) is 34.1 Å². The van der Waals surface area contributed by atoms with Crippen LogP contribution in [0.4, 0.5) is 5.69 Å². The maximum atomic E-state index is 12.6. The number of para-hydroxylation sites is 2.